The summed E-state index contributed by atoms with van der Waals surface area (Å²) in [5.41, 5.74) is 2.25. The molecule has 2 aromatic carbocycles. The van der Waals surface area contributed by atoms with E-state index < -0.39 is 16.1 Å². The third-order valence-corrected chi connectivity index (χ3v) is 6.43. The number of rotatable bonds is 8. The van der Waals surface area contributed by atoms with E-state index in [0.717, 1.165) is 25.2 Å². The summed E-state index contributed by atoms with van der Waals surface area (Å²) in [5, 5.41) is 2.79. The normalized spacial score (nSPS) is 16.0. The standard InChI is InChI=1S/C21H27N3O3S/c1-17(23-28(26,27)20-7-3-2-4-8-20)21(25)22-15-18-9-11-19(12-10-18)16-24-13-5-6-14-24/h2-4,7-12,17,23H,5-6,13-16H2,1H3,(H,22,25)/t17-/m1/s1. The minimum absolute atomic E-state index is 0.142. The number of benzene rings is 2. The van der Waals surface area contributed by atoms with Gasteiger partial charge in [0.05, 0.1) is 10.9 Å². The van der Waals surface area contributed by atoms with Crippen LogP contribution in [0.15, 0.2) is 59.5 Å². The van der Waals surface area contributed by atoms with Crippen molar-refractivity contribution in [2.45, 2.75) is 43.8 Å². The number of sulfonamides is 1. The summed E-state index contributed by atoms with van der Waals surface area (Å²) < 4.78 is 27.0. The minimum atomic E-state index is -3.72. The van der Waals surface area contributed by atoms with Gasteiger partial charge in [0.1, 0.15) is 0 Å². The Hall–Kier alpha value is -2.22. The van der Waals surface area contributed by atoms with Crippen LogP contribution in [0.4, 0.5) is 0 Å². The largest absolute Gasteiger partial charge is 0.351 e. The van der Waals surface area contributed by atoms with Gasteiger partial charge in [-0.1, -0.05) is 42.5 Å². The predicted octanol–water partition coefficient (Wildman–Crippen LogP) is 2.27. The topological polar surface area (TPSA) is 78.5 Å². The second-order valence-corrected chi connectivity index (χ2v) is 8.89. The van der Waals surface area contributed by atoms with Crippen LogP contribution in [0.25, 0.3) is 0 Å². The molecule has 7 heteroatoms. The maximum Gasteiger partial charge on any atom is 0.241 e. The lowest BCUT2D eigenvalue weighted by atomic mass is 10.1. The van der Waals surface area contributed by atoms with E-state index in [1.54, 1.807) is 18.2 Å². The number of carbonyl (C=O) groups excluding carboxylic acids is 1. The average molecular weight is 402 g/mol. The van der Waals surface area contributed by atoms with Crippen LogP contribution in [0.3, 0.4) is 0 Å². The van der Waals surface area contributed by atoms with E-state index in [9.17, 15) is 13.2 Å². The molecule has 6 nitrogen and oxygen atoms in total. The second-order valence-electron chi connectivity index (χ2n) is 7.17. The van der Waals surface area contributed by atoms with Crippen LogP contribution in [-0.2, 0) is 27.9 Å². The molecule has 1 fully saturated rings. The SMILES string of the molecule is C[C@@H](NS(=O)(=O)c1ccccc1)C(=O)NCc1ccc(CN2CCCC2)cc1. The van der Waals surface area contributed by atoms with Gasteiger partial charge in [0.25, 0.3) is 0 Å². The molecular weight excluding hydrogens is 374 g/mol. The molecule has 1 saturated heterocycles. The molecule has 0 radical (unpaired) electrons. The van der Waals surface area contributed by atoms with E-state index in [2.05, 4.69) is 27.1 Å². The van der Waals surface area contributed by atoms with Crippen molar-refractivity contribution < 1.29 is 13.2 Å². The Labute approximate surface area is 167 Å². The number of amides is 1. The van der Waals surface area contributed by atoms with Crippen molar-refractivity contribution in [3.8, 4) is 0 Å². The van der Waals surface area contributed by atoms with Gasteiger partial charge in [-0.05, 0) is 56.1 Å². The summed E-state index contributed by atoms with van der Waals surface area (Å²) in [6.45, 7) is 5.18. The molecule has 0 aromatic heterocycles. The molecule has 0 spiro atoms. The van der Waals surface area contributed by atoms with Gasteiger partial charge in [-0.15, -0.1) is 0 Å². The lowest BCUT2D eigenvalue weighted by molar-refractivity contribution is -0.122. The molecule has 1 aliphatic rings. The predicted molar refractivity (Wildman–Crippen MR) is 109 cm³/mol. The molecule has 1 amide bonds. The molecule has 2 N–H and O–H groups in total. The van der Waals surface area contributed by atoms with Crippen molar-refractivity contribution in [1.29, 1.82) is 0 Å². The Morgan fingerprint density at radius 2 is 1.61 bits per heavy atom. The van der Waals surface area contributed by atoms with Crippen LogP contribution < -0.4 is 10.0 Å². The summed E-state index contributed by atoms with van der Waals surface area (Å²) in [6.07, 6.45) is 2.55. The van der Waals surface area contributed by atoms with E-state index in [4.69, 9.17) is 0 Å². The average Bonchev–Trinajstić information content (AvgIpc) is 3.20. The van der Waals surface area contributed by atoms with Crippen LogP contribution in [-0.4, -0.2) is 38.4 Å². The second kappa shape index (κ2) is 9.32. The summed E-state index contributed by atoms with van der Waals surface area (Å²) in [4.78, 5) is 14.9. The molecular formula is C21H27N3O3S. The highest BCUT2D eigenvalue weighted by Gasteiger charge is 2.21. The van der Waals surface area contributed by atoms with E-state index in [0.29, 0.717) is 6.54 Å². The van der Waals surface area contributed by atoms with Crippen molar-refractivity contribution >= 4 is 15.9 Å². The van der Waals surface area contributed by atoms with Crippen molar-refractivity contribution in [3.63, 3.8) is 0 Å². The number of nitrogens with one attached hydrogen (secondary N) is 2. The van der Waals surface area contributed by atoms with E-state index in [-0.39, 0.29) is 10.8 Å². The molecule has 0 aliphatic carbocycles. The summed E-state index contributed by atoms with van der Waals surface area (Å²) in [7, 11) is -3.72. The molecule has 150 valence electrons. The summed E-state index contributed by atoms with van der Waals surface area (Å²) in [5.74, 6) is -0.361. The Kier molecular flexibility index (Phi) is 6.83. The number of carbonyl (C=O) groups is 1. The molecule has 1 aliphatic heterocycles. The van der Waals surface area contributed by atoms with Crippen LogP contribution in [0.2, 0.25) is 0 Å². The van der Waals surface area contributed by atoms with Crippen molar-refractivity contribution in [2.24, 2.45) is 0 Å². The molecule has 0 unspecified atom stereocenters. The van der Waals surface area contributed by atoms with Crippen molar-refractivity contribution in [1.82, 2.24) is 14.9 Å². The van der Waals surface area contributed by atoms with Gasteiger partial charge in [0, 0.05) is 13.1 Å². The van der Waals surface area contributed by atoms with Gasteiger partial charge < -0.3 is 5.32 Å². The van der Waals surface area contributed by atoms with Crippen LogP contribution in [0.5, 0.6) is 0 Å². The molecule has 1 heterocycles. The first kappa shape index (κ1) is 20.5. The molecule has 2 aromatic rings. The fourth-order valence-electron chi connectivity index (χ4n) is 3.26. The van der Waals surface area contributed by atoms with E-state index >= 15 is 0 Å². The maximum atomic E-state index is 12.3. The van der Waals surface area contributed by atoms with E-state index in [1.807, 2.05) is 12.1 Å². The molecule has 0 saturated carbocycles. The Bertz CT molecular complexity index is 877. The maximum absolute atomic E-state index is 12.3. The van der Waals surface area contributed by atoms with Crippen LogP contribution >= 0.6 is 0 Å². The minimum Gasteiger partial charge on any atom is -0.351 e. The highest BCUT2D eigenvalue weighted by atomic mass is 32.2. The van der Waals surface area contributed by atoms with Gasteiger partial charge in [-0.25, -0.2) is 8.42 Å². The van der Waals surface area contributed by atoms with E-state index in [1.165, 1.54) is 37.5 Å². The van der Waals surface area contributed by atoms with Gasteiger partial charge in [0.2, 0.25) is 15.9 Å². The lowest BCUT2D eigenvalue weighted by Crippen LogP contribution is -2.44. The zero-order chi connectivity index (χ0) is 20.0. The number of nitrogens with zero attached hydrogens (tertiary/aromatic N) is 1. The lowest BCUT2D eigenvalue weighted by Gasteiger charge is -2.16. The summed E-state index contributed by atoms with van der Waals surface area (Å²) >= 11 is 0. The van der Waals surface area contributed by atoms with Crippen molar-refractivity contribution in [2.75, 3.05) is 13.1 Å². The first-order valence-electron chi connectivity index (χ1n) is 9.59. The number of hydrogen-bond donors (Lipinski definition) is 2. The Morgan fingerprint density at radius 1 is 1.00 bits per heavy atom. The third kappa shape index (κ3) is 5.64. The number of hydrogen-bond acceptors (Lipinski definition) is 4. The zero-order valence-corrected chi connectivity index (χ0v) is 16.9. The zero-order valence-electron chi connectivity index (χ0n) is 16.1. The molecule has 1 atom stereocenters. The first-order valence-corrected chi connectivity index (χ1v) is 11.1. The van der Waals surface area contributed by atoms with Gasteiger partial charge in [0.15, 0.2) is 0 Å². The highest BCUT2D eigenvalue weighted by molar-refractivity contribution is 7.89. The molecule has 3 rings (SSSR count). The van der Waals surface area contributed by atoms with Crippen LogP contribution in [0.1, 0.15) is 30.9 Å². The van der Waals surface area contributed by atoms with Gasteiger partial charge in [-0.2, -0.15) is 4.72 Å². The first-order chi connectivity index (χ1) is 13.4. The van der Waals surface area contributed by atoms with Gasteiger partial charge in [-0.3, -0.25) is 9.69 Å². The summed E-state index contributed by atoms with van der Waals surface area (Å²) in [6, 6.07) is 15.3. The van der Waals surface area contributed by atoms with Crippen LogP contribution in [0, 0.1) is 0 Å². The molecule has 28 heavy (non-hydrogen) atoms. The third-order valence-electron chi connectivity index (χ3n) is 4.87. The quantitative estimate of drug-likeness (QED) is 0.711. The monoisotopic (exact) mass is 401 g/mol. The van der Waals surface area contributed by atoms with Gasteiger partial charge >= 0.3 is 0 Å². The number of likely N-dealkylation sites (tertiary alicyclic amines) is 1. The Balaban J connectivity index is 1.49. The van der Waals surface area contributed by atoms with Crippen molar-refractivity contribution in [3.05, 3.63) is 65.7 Å². The smallest absolute Gasteiger partial charge is 0.241 e. The fraction of sp³-hybridized carbons (Fsp3) is 0.381. The molecule has 0 bridgehead atoms. The highest BCUT2D eigenvalue weighted by Crippen LogP contribution is 2.13. The fourth-order valence-corrected chi connectivity index (χ4v) is 4.48. The Morgan fingerprint density at radius 3 is 2.25 bits per heavy atom.